The number of nitrogens with one attached hydrogen (secondary N) is 1. The van der Waals surface area contributed by atoms with E-state index in [1.54, 1.807) is 35.6 Å². The monoisotopic (exact) mass is 439 g/mol. The quantitative estimate of drug-likeness (QED) is 0.435. The van der Waals surface area contributed by atoms with Crippen molar-refractivity contribution in [2.24, 2.45) is 0 Å². The zero-order valence-corrected chi connectivity index (χ0v) is 17.4. The molecule has 5 nitrogen and oxygen atoms in total. The Morgan fingerprint density at radius 1 is 1.00 bits per heavy atom. The number of benzene rings is 2. The summed E-state index contributed by atoms with van der Waals surface area (Å²) < 4.78 is 45.3. The molecule has 0 radical (unpaired) electrons. The second-order valence-corrected chi connectivity index (χ2v) is 7.38. The third-order valence-electron chi connectivity index (χ3n) is 5.03. The standard InChI is InChI=1S/C24H20F3N3O2/c1-15-4-3-13-30-21(16(2)29-22(15)30)23(31)28-14-17-5-9-19(10-6-17)32-20-11-7-18(8-12-20)24(25,26)27/h3-13H,14H2,1-2H3,(H,28,31). The Balaban J connectivity index is 1.40. The highest BCUT2D eigenvalue weighted by Crippen LogP contribution is 2.31. The first-order valence-electron chi connectivity index (χ1n) is 9.89. The molecule has 1 amide bonds. The number of pyridine rings is 1. The maximum atomic E-state index is 12.8. The van der Waals surface area contributed by atoms with Crippen LogP contribution in [0.5, 0.6) is 11.5 Å². The van der Waals surface area contributed by atoms with Crippen LogP contribution in [0.2, 0.25) is 0 Å². The first-order chi connectivity index (χ1) is 15.2. The maximum Gasteiger partial charge on any atom is 0.416 e. The summed E-state index contributed by atoms with van der Waals surface area (Å²) in [5.41, 5.74) is 2.99. The van der Waals surface area contributed by atoms with Gasteiger partial charge in [0.15, 0.2) is 0 Å². The molecule has 4 aromatic rings. The summed E-state index contributed by atoms with van der Waals surface area (Å²) in [6, 6.07) is 15.3. The zero-order chi connectivity index (χ0) is 22.9. The highest BCUT2D eigenvalue weighted by atomic mass is 19.4. The van der Waals surface area contributed by atoms with Gasteiger partial charge in [-0.1, -0.05) is 18.2 Å². The molecule has 0 saturated carbocycles. The number of carbonyl (C=O) groups is 1. The summed E-state index contributed by atoms with van der Waals surface area (Å²) in [4.78, 5) is 17.2. The molecule has 0 fully saturated rings. The molecule has 0 aliphatic rings. The van der Waals surface area contributed by atoms with Crippen LogP contribution in [-0.4, -0.2) is 15.3 Å². The number of imidazole rings is 1. The van der Waals surface area contributed by atoms with Gasteiger partial charge in [0.1, 0.15) is 22.8 Å². The number of carbonyl (C=O) groups excluding carboxylic acids is 1. The van der Waals surface area contributed by atoms with Gasteiger partial charge in [-0.15, -0.1) is 0 Å². The fraction of sp³-hybridized carbons (Fsp3) is 0.167. The number of aryl methyl sites for hydroxylation is 2. The Labute approximate surface area is 182 Å². The van der Waals surface area contributed by atoms with Crippen molar-refractivity contribution < 1.29 is 22.7 Å². The summed E-state index contributed by atoms with van der Waals surface area (Å²) in [6.45, 7) is 4.05. The van der Waals surface area contributed by atoms with E-state index in [0.717, 1.165) is 28.9 Å². The molecule has 0 aliphatic heterocycles. The van der Waals surface area contributed by atoms with Crippen molar-refractivity contribution in [1.29, 1.82) is 0 Å². The number of nitrogens with zero attached hydrogens (tertiary/aromatic N) is 2. The lowest BCUT2D eigenvalue weighted by atomic mass is 10.2. The SMILES string of the molecule is Cc1nc2c(C)cccn2c1C(=O)NCc1ccc(Oc2ccc(C(F)(F)F)cc2)cc1. The number of aromatic nitrogens is 2. The van der Waals surface area contributed by atoms with Gasteiger partial charge in [-0.25, -0.2) is 4.98 Å². The first-order valence-corrected chi connectivity index (χ1v) is 9.89. The second kappa shape index (κ2) is 8.37. The molecule has 2 aromatic heterocycles. The van der Waals surface area contributed by atoms with Crippen LogP contribution in [0, 0.1) is 13.8 Å². The molecule has 164 valence electrons. The lowest BCUT2D eigenvalue weighted by molar-refractivity contribution is -0.137. The van der Waals surface area contributed by atoms with Gasteiger partial charge in [-0.3, -0.25) is 9.20 Å². The lowest BCUT2D eigenvalue weighted by Crippen LogP contribution is -2.25. The van der Waals surface area contributed by atoms with Gasteiger partial charge >= 0.3 is 6.18 Å². The fourth-order valence-electron chi connectivity index (χ4n) is 3.38. The summed E-state index contributed by atoms with van der Waals surface area (Å²) >= 11 is 0. The van der Waals surface area contributed by atoms with E-state index in [-0.39, 0.29) is 5.91 Å². The van der Waals surface area contributed by atoms with E-state index in [0.29, 0.717) is 29.4 Å². The Morgan fingerprint density at radius 2 is 1.62 bits per heavy atom. The van der Waals surface area contributed by atoms with E-state index in [9.17, 15) is 18.0 Å². The number of fused-ring (bicyclic) bond motifs is 1. The van der Waals surface area contributed by atoms with Crippen LogP contribution >= 0.6 is 0 Å². The molecule has 0 spiro atoms. The van der Waals surface area contributed by atoms with Gasteiger partial charge in [0, 0.05) is 12.7 Å². The number of rotatable bonds is 5. The van der Waals surface area contributed by atoms with E-state index >= 15 is 0 Å². The molecule has 4 rings (SSSR count). The molecule has 2 aromatic carbocycles. The topological polar surface area (TPSA) is 55.6 Å². The number of hydrogen-bond acceptors (Lipinski definition) is 3. The van der Waals surface area contributed by atoms with Crippen LogP contribution in [0.25, 0.3) is 5.65 Å². The minimum atomic E-state index is -4.38. The highest BCUT2D eigenvalue weighted by molar-refractivity contribution is 5.94. The largest absolute Gasteiger partial charge is 0.457 e. The molecular weight excluding hydrogens is 419 g/mol. The van der Waals surface area contributed by atoms with Crippen molar-refractivity contribution in [3.05, 3.63) is 94.9 Å². The molecular formula is C24H20F3N3O2. The smallest absolute Gasteiger partial charge is 0.416 e. The van der Waals surface area contributed by atoms with Gasteiger partial charge in [0.25, 0.3) is 5.91 Å². The van der Waals surface area contributed by atoms with Crippen molar-refractivity contribution in [2.75, 3.05) is 0 Å². The van der Waals surface area contributed by atoms with Gasteiger partial charge in [-0.2, -0.15) is 13.2 Å². The molecule has 0 unspecified atom stereocenters. The third-order valence-corrected chi connectivity index (χ3v) is 5.03. The van der Waals surface area contributed by atoms with E-state index in [4.69, 9.17) is 4.74 Å². The summed E-state index contributed by atoms with van der Waals surface area (Å²) in [7, 11) is 0. The zero-order valence-electron chi connectivity index (χ0n) is 17.4. The summed E-state index contributed by atoms with van der Waals surface area (Å²) in [5.74, 6) is 0.552. The summed E-state index contributed by atoms with van der Waals surface area (Å²) in [5, 5.41) is 2.90. The Morgan fingerprint density at radius 3 is 2.25 bits per heavy atom. The normalized spacial score (nSPS) is 11.5. The van der Waals surface area contributed by atoms with Crippen molar-refractivity contribution >= 4 is 11.6 Å². The van der Waals surface area contributed by atoms with Crippen LogP contribution in [0.4, 0.5) is 13.2 Å². The van der Waals surface area contributed by atoms with Crippen LogP contribution < -0.4 is 10.1 Å². The Kier molecular flexibility index (Phi) is 5.61. The molecule has 0 atom stereocenters. The third kappa shape index (κ3) is 4.44. The predicted molar refractivity (Wildman–Crippen MR) is 114 cm³/mol. The number of alkyl halides is 3. The van der Waals surface area contributed by atoms with Gasteiger partial charge in [0.2, 0.25) is 0 Å². The Bertz CT molecular complexity index is 1260. The predicted octanol–water partition coefficient (Wildman–Crippen LogP) is 5.69. The van der Waals surface area contributed by atoms with Crippen LogP contribution in [0.3, 0.4) is 0 Å². The van der Waals surface area contributed by atoms with E-state index in [2.05, 4.69) is 10.3 Å². The fourth-order valence-corrected chi connectivity index (χ4v) is 3.38. The van der Waals surface area contributed by atoms with Gasteiger partial charge in [-0.05, 0) is 67.4 Å². The summed E-state index contributed by atoms with van der Waals surface area (Å²) in [6.07, 6.45) is -2.57. The molecule has 8 heteroatoms. The molecule has 2 heterocycles. The first kappa shape index (κ1) is 21.4. The maximum absolute atomic E-state index is 12.8. The van der Waals surface area contributed by atoms with Crippen molar-refractivity contribution in [1.82, 2.24) is 14.7 Å². The van der Waals surface area contributed by atoms with Gasteiger partial charge in [0.05, 0.1) is 11.3 Å². The lowest BCUT2D eigenvalue weighted by Gasteiger charge is -2.10. The number of amides is 1. The van der Waals surface area contributed by atoms with Crippen molar-refractivity contribution in [2.45, 2.75) is 26.6 Å². The van der Waals surface area contributed by atoms with Crippen LogP contribution in [0.1, 0.15) is 32.9 Å². The molecule has 0 aliphatic carbocycles. The number of hydrogen-bond donors (Lipinski definition) is 1. The average molecular weight is 439 g/mol. The second-order valence-electron chi connectivity index (χ2n) is 7.38. The number of halogens is 3. The molecule has 32 heavy (non-hydrogen) atoms. The minimum Gasteiger partial charge on any atom is -0.457 e. The highest BCUT2D eigenvalue weighted by Gasteiger charge is 2.30. The van der Waals surface area contributed by atoms with E-state index < -0.39 is 11.7 Å². The van der Waals surface area contributed by atoms with Crippen molar-refractivity contribution in [3.63, 3.8) is 0 Å². The number of ether oxygens (including phenoxy) is 1. The minimum absolute atomic E-state index is 0.231. The van der Waals surface area contributed by atoms with Crippen molar-refractivity contribution in [3.8, 4) is 11.5 Å². The Hall–Kier alpha value is -3.81. The van der Waals surface area contributed by atoms with Crippen LogP contribution in [-0.2, 0) is 12.7 Å². The van der Waals surface area contributed by atoms with E-state index in [1.807, 2.05) is 25.3 Å². The van der Waals surface area contributed by atoms with Gasteiger partial charge < -0.3 is 10.1 Å². The molecule has 0 bridgehead atoms. The van der Waals surface area contributed by atoms with E-state index in [1.165, 1.54) is 12.1 Å². The molecule has 0 saturated heterocycles. The molecule has 1 N–H and O–H groups in total. The average Bonchev–Trinajstić information content (AvgIpc) is 3.10. The van der Waals surface area contributed by atoms with Crippen LogP contribution in [0.15, 0.2) is 66.9 Å².